The second kappa shape index (κ2) is 7.27. The van der Waals surface area contributed by atoms with E-state index in [1.165, 1.54) is 22.5 Å². The molecule has 29 heavy (non-hydrogen) atoms. The van der Waals surface area contributed by atoms with Crippen LogP contribution in [0.25, 0.3) is 17.0 Å². The number of hydrogen-bond acceptors (Lipinski definition) is 4. The van der Waals surface area contributed by atoms with Gasteiger partial charge in [-0.15, -0.1) is 0 Å². The van der Waals surface area contributed by atoms with Gasteiger partial charge in [-0.2, -0.15) is 0 Å². The molecule has 8 heteroatoms. The molecular formula is C21H14ClN3O3S. The molecule has 144 valence electrons. The van der Waals surface area contributed by atoms with Gasteiger partial charge in [0.25, 0.3) is 11.8 Å². The van der Waals surface area contributed by atoms with E-state index in [0.29, 0.717) is 21.8 Å². The number of nitrogens with one attached hydrogen (secondary N) is 1. The highest BCUT2D eigenvalue weighted by Gasteiger charge is 2.34. The normalized spacial score (nSPS) is 15.9. The van der Waals surface area contributed by atoms with E-state index in [0.717, 1.165) is 5.39 Å². The average molecular weight is 424 g/mol. The maximum absolute atomic E-state index is 13.1. The molecule has 0 aliphatic carbocycles. The molecule has 0 saturated carbocycles. The van der Waals surface area contributed by atoms with Gasteiger partial charge in [0.15, 0.2) is 5.11 Å². The Bertz CT molecular complexity index is 1230. The Morgan fingerprint density at radius 2 is 1.79 bits per heavy atom. The lowest BCUT2D eigenvalue weighted by Crippen LogP contribution is -2.54. The summed E-state index contributed by atoms with van der Waals surface area (Å²) in [4.78, 5) is 38.8. The third kappa shape index (κ3) is 3.35. The fraction of sp³-hybridized carbons (Fsp3) is 0.0476. The highest BCUT2D eigenvalue weighted by Crippen LogP contribution is 2.27. The quantitative estimate of drug-likeness (QED) is 0.387. The molecule has 0 unspecified atom stereocenters. The molecule has 3 aromatic rings. The Hall–Kier alpha value is -3.29. The fourth-order valence-electron chi connectivity index (χ4n) is 3.22. The van der Waals surface area contributed by atoms with Crippen molar-refractivity contribution in [2.45, 2.75) is 6.92 Å². The first-order valence-electron chi connectivity index (χ1n) is 8.65. The molecule has 2 aromatic carbocycles. The van der Waals surface area contributed by atoms with Gasteiger partial charge in [-0.25, -0.2) is 0 Å². The Morgan fingerprint density at radius 1 is 1.10 bits per heavy atom. The van der Waals surface area contributed by atoms with Crippen molar-refractivity contribution in [3.05, 3.63) is 70.9 Å². The maximum atomic E-state index is 13.1. The van der Waals surface area contributed by atoms with E-state index in [-0.39, 0.29) is 16.6 Å². The van der Waals surface area contributed by atoms with Gasteiger partial charge in [-0.1, -0.05) is 29.8 Å². The van der Waals surface area contributed by atoms with E-state index in [1.54, 1.807) is 36.5 Å². The van der Waals surface area contributed by atoms with Crippen LogP contribution in [0.2, 0.25) is 5.02 Å². The van der Waals surface area contributed by atoms with Crippen molar-refractivity contribution < 1.29 is 14.4 Å². The van der Waals surface area contributed by atoms with E-state index >= 15 is 0 Å². The molecular weight excluding hydrogens is 410 g/mol. The fourth-order valence-corrected chi connectivity index (χ4v) is 3.63. The molecule has 0 radical (unpaired) electrons. The molecule has 0 bridgehead atoms. The summed E-state index contributed by atoms with van der Waals surface area (Å²) in [6.45, 7) is 1.45. The van der Waals surface area contributed by atoms with Crippen LogP contribution in [0.5, 0.6) is 0 Å². The summed E-state index contributed by atoms with van der Waals surface area (Å²) < 4.78 is 1.48. The van der Waals surface area contributed by atoms with E-state index in [1.807, 2.05) is 18.2 Å². The van der Waals surface area contributed by atoms with Crippen molar-refractivity contribution in [2.24, 2.45) is 0 Å². The average Bonchev–Trinajstić information content (AvgIpc) is 3.05. The Balaban J connectivity index is 1.83. The van der Waals surface area contributed by atoms with Crippen molar-refractivity contribution >= 4 is 69.3 Å². The first-order chi connectivity index (χ1) is 13.9. The van der Waals surface area contributed by atoms with Gasteiger partial charge < -0.3 is 0 Å². The highest BCUT2D eigenvalue weighted by atomic mass is 35.5. The minimum atomic E-state index is -0.593. The van der Waals surface area contributed by atoms with Gasteiger partial charge in [0.05, 0.1) is 11.2 Å². The third-order valence-electron chi connectivity index (χ3n) is 4.57. The first kappa shape index (κ1) is 19.0. The lowest BCUT2D eigenvalue weighted by atomic mass is 10.1. The molecule has 4 rings (SSSR count). The number of hydrogen-bond donors (Lipinski definition) is 1. The number of thiocarbonyl (C=S) groups is 1. The van der Waals surface area contributed by atoms with Crippen molar-refractivity contribution in [1.82, 2.24) is 9.88 Å². The van der Waals surface area contributed by atoms with E-state index in [9.17, 15) is 14.4 Å². The Labute approximate surface area is 176 Å². The van der Waals surface area contributed by atoms with Crippen LogP contribution in [0.3, 0.4) is 0 Å². The van der Waals surface area contributed by atoms with Crippen LogP contribution in [-0.2, 0) is 9.59 Å². The first-order valence-corrected chi connectivity index (χ1v) is 9.43. The van der Waals surface area contributed by atoms with Gasteiger partial charge in [0.1, 0.15) is 5.57 Å². The number of anilines is 1. The van der Waals surface area contributed by atoms with Gasteiger partial charge in [0, 0.05) is 29.1 Å². The van der Waals surface area contributed by atoms with Crippen LogP contribution in [0.1, 0.15) is 17.3 Å². The number of fused-ring (bicyclic) bond motifs is 1. The molecule has 1 saturated heterocycles. The smallest absolute Gasteiger partial charge is 0.270 e. The summed E-state index contributed by atoms with van der Waals surface area (Å²) in [7, 11) is 0. The largest absolute Gasteiger partial charge is 0.298 e. The number of carbonyl (C=O) groups is 3. The zero-order valence-electron chi connectivity index (χ0n) is 15.2. The van der Waals surface area contributed by atoms with Gasteiger partial charge in [0.2, 0.25) is 5.91 Å². The minimum Gasteiger partial charge on any atom is -0.298 e. The van der Waals surface area contributed by atoms with Crippen molar-refractivity contribution in [3.63, 3.8) is 0 Å². The van der Waals surface area contributed by atoms with E-state index in [2.05, 4.69) is 5.32 Å². The molecule has 0 spiro atoms. The van der Waals surface area contributed by atoms with Crippen molar-refractivity contribution in [3.8, 4) is 0 Å². The number of para-hydroxylation sites is 1. The number of benzene rings is 2. The van der Waals surface area contributed by atoms with Crippen LogP contribution in [-0.4, -0.2) is 27.4 Å². The van der Waals surface area contributed by atoms with Gasteiger partial charge in [-0.3, -0.25) is 29.2 Å². The maximum Gasteiger partial charge on any atom is 0.270 e. The summed E-state index contributed by atoms with van der Waals surface area (Å²) in [5.74, 6) is -1.32. The molecule has 1 fully saturated rings. The molecule has 1 aliphatic rings. The van der Waals surface area contributed by atoms with Crippen LogP contribution in [0, 0.1) is 0 Å². The van der Waals surface area contributed by atoms with E-state index in [4.69, 9.17) is 23.8 Å². The topological polar surface area (TPSA) is 71.4 Å². The summed E-state index contributed by atoms with van der Waals surface area (Å²) in [6, 6.07) is 13.8. The Kier molecular flexibility index (Phi) is 4.77. The summed E-state index contributed by atoms with van der Waals surface area (Å²) in [5.41, 5.74) is 1.68. The summed E-state index contributed by atoms with van der Waals surface area (Å²) in [6.07, 6.45) is 3.09. The minimum absolute atomic E-state index is 0.00867. The number of halogens is 1. The zero-order chi connectivity index (χ0) is 20.7. The molecule has 6 nitrogen and oxygen atoms in total. The second-order valence-corrected chi connectivity index (χ2v) is 7.25. The van der Waals surface area contributed by atoms with Crippen LogP contribution in [0.15, 0.2) is 60.3 Å². The molecule has 2 heterocycles. The third-order valence-corrected chi connectivity index (χ3v) is 5.10. The molecule has 1 aromatic heterocycles. The van der Waals surface area contributed by atoms with Gasteiger partial charge >= 0.3 is 0 Å². The second-order valence-electron chi connectivity index (χ2n) is 6.42. The standard InChI is InChI=1S/C21H14ClN3O3S/c1-12(26)24-11-13(16-4-2-3-5-18(16)24)10-17-19(27)23-21(29)25(20(17)28)15-8-6-14(22)7-9-15/h2-11H,1H3,(H,23,27,29)/b17-10+. The predicted octanol–water partition coefficient (Wildman–Crippen LogP) is 3.79. The molecule has 1 aliphatic heterocycles. The Morgan fingerprint density at radius 3 is 2.48 bits per heavy atom. The van der Waals surface area contributed by atoms with Crippen LogP contribution < -0.4 is 10.2 Å². The van der Waals surface area contributed by atoms with Crippen LogP contribution in [0.4, 0.5) is 5.69 Å². The SMILES string of the molecule is CC(=O)n1cc(/C=C2\C(=O)NC(=S)N(c3ccc(Cl)cc3)C2=O)c2ccccc21. The van der Waals surface area contributed by atoms with E-state index < -0.39 is 11.8 Å². The lowest BCUT2D eigenvalue weighted by Gasteiger charge is -2.28. The zero-order valence-corrected chi connectivity index (χ0v) is 16.8. The van der Waals surface area contributed by atoms with Crippen molar-refractivity contribution in [1.29, 1.82) is 0 Å². The molecule has 0 atom stereocenters. The number of rotatable bonds is 2. The van der Waals surface area contributed by atoms with Gasteiger partial charge in [-0.05, 0) is 48.6 Å². The number of aromatic nitrogens is 1. The molecule has 1 N–H and O–H groups in total. The molecule has 2 amide bonds. The van der Waals surface area contributed by atoms with Crippen LogP contribution >= 0.6 is 23.8 Å². The predicted molar refractivity (Wildman–Crippen MR) is 116 cm³/mol. The number of nitrogens with zero attached hydrogens (tertiary/aromatic N) is 2. The van der Waals surface area contributed by atoms with Crippen molar-refractivity contribution in [2.75, 3.05) is 4.90 Å². The lowest BCUT2D eigenvalue weighted by molar-refractivity contribution is -0.122. The summed E-state index contributed by atoms with van der Waals surface area (Å²) in [5, 5.41) is 3.80. The summed E-state index contributed by atoms with van der Waals surface area (Å²) >= 11 is 11.1. The highest BCUT2D eigenvalue weighted by molar-refractivity contribution is 7.80. The number of carbonyl (C=O) groups excluding carboxylic acids is 3. The number of amides is 2. The monoisotopic (exact) mass is 423 g/mol.